The topological polar surface area (TPSA) is 40.5 Å². The van der Waals surface area contributed by atoms with E-state index in [1.165, 1.54) is 0 Å². The third-order valence-electron chi connectivity index (χ3n) is 4.84. The predicted octanol–water partition coefficient (Wildman–Crippen LogP) is 4.22. The van der Waals surface area contributed by atoms with Gasteiger partial charge in [0.25, 0.3) is 0 Å². The Balaban J connectivity index is 2.21. The van der Waals surface area contributed by atoms with Crippen molar-refractivity contribution in [3.8, 4) is 0 Å². The molecule has 2 aromatic rings. The summed E-state index contributed by atoms with van der Waals surface area (Å²) in [4.78, 5) is 15.1. The van der Waals surface area contributed by atoms with Crippen LogP contribution in [0.5, 0.6) is 0 Å². The summed E-state index contributed by atoms with van der Waals surface area (Å²) in [6.07, 6.45) is -0.805. The normalized spacial score (nSPS) is 14.7. The molecule has 0 saturated carbocycles. The first-order chi connectivity index (χ1) is 12.4. The van der Waals surface area contributed by atoms with Gasteiger partial charge in [0.15, 0.2) is 5.78 Å². The molecule has 0 saturated heterocycles. The Hall–Kier alpha value is -2.23. The zero-order valence-electron chi connectivity index (χ0n) is 15.9. The minimum Gasteiger partial charge on any atom is -0.388 e. The Bertz CT molecular complexity index is 670. The fourth-order valence-corrected chi connectivity index (χ4v) is 3.11. The molecule has 3 heteroatoms. The maximum atomic E-state index is 13.0. The Morgan fingerprint density at radius 2 is 1.38 bits per heavy atom. The van der Waals surface area contributed by atoms with Gasteiger partial charge in [0.1, 0.15) is 0 Å². The molecule has 0 heterocycles. The van der Waals surface area contributed by atoms with Crippen LogP contribution in [0.3, 0.4) is 0 Å². The van der Waals surface area contributed by atoms with Gasteiger partial charge in [-0.25, -0.2) is 0 Å². The largest absolute Gasteiger partial charge is 0.388 e. The second-order valence-corrected chi connectivity index (χ2v) is 7.03. The third kappa shape index (κ3) is 5.38. The molecular formula is C23H29NO2. The molecule has 0 aliphatic carbocycles. The highest BCUT2D eigenvalue weighted by molar-refractivity contribution is 5.86. The van der Waals surface area contributed by atoms with Gasteiger partial charge in [-0.1, -0.05) is 79.7 Å². The van der Waals surface area contributed by atoms with Gasteiger partial charge < -0.3 is 5.11 Å². The van der Waals surface area contributed by atoms with E-state index >= 15 is 0 Å². The Morgan fingerprint density at radius 1 is 0.962 bits per heavy atom. The van der Waals surface area contributed by atoms with E-state index in [2.05, 4.69) is 35.7 Å². The highest BCUT2D eigenvalue weighted by atomic mass is 16.3. The molecule has 0 fully saturated rings. The van der Waals surface area contributed by atoms with Gasteiger partial charge in [-0.2, -0.15) is 0 Å². The van der Waals surface area contributed by atoms with Crippen LogP contribution >= 0.6 is 0 Å². The lowest BCUT2D eigenvalue weighted by Crippen LogP contribution is -2.43. The molecule has 1 N–H and O–H groups in total. The maximum absolute atomic E-state index is 13.0. The number of aliphatic hydroxyl groups excluding tert-OH is 1. The van der Waals surface area contributed by atoms with Crippen LogP contribution in [-0.2, 0) is 17.9 Å². The molecule has 0 aliphatic rings. The summed E-state index contributed by atoms with van der Waals surface area (Å²) in [7, 11) is 0. The third-order valence-corrected chi connectivity index (χ3v) is 4.84. The van der Waals surface area contributed by atoms with Gasteiger partial charge in [-0.3, -0.25) is 9.69 Å². The summed E-state index contributed by atoms with van der Waals surface area (Å²) in [5.74, 6) is -0.441. The number of hydrogen-bond donors (Lipinski definition) is 1. The lowest BCUT2D eigenvalue weighted by atomic mass is 9.91. The predicted molar refractivity (Wildman–Crippen MR) is 107 cm³/mol. The first-order valence-corrected chi connectivity index (χ1v) is 9.09. The summed E-state index contributed by atoms with van der Waals surface area (Å²) < 4.78 is 0. The van der Waals surface area contributed by atoms with Gasteiger partial charge in [0.05, 0.1) is 12.1 Å². The smallest absolute Gasteiger partial charge is 0.155 e. The lowest BCUT2D eigenvalue weighted by Gasteiger charge is -2.31. The Morgan fingerprint density at radius 3 is 1.77 bits per heavy atom. The minimum absolute atomic E-state index is 0.0346. The quantitative estimate of drug-likeness (QED) is 0.688. The van der Waals surface area contributed by atoms with Crippen LogP contribution < -0.4 is 0 Å². The van der Waals surface area contributed by atoms with Gasteiger partial charge in [0, 0.05) is 19.0 Å². The lowest BCUT2D eigenvalue weighted by molar-refractivity contribution is -0.130. The second-order valence-electron chi connectivity index (χ2n) is 7.03. The number of carbonyl (C=O) groups is 1. The fourth-order valence-electron chi connectivity index (χ4n) is 3.11. The average Bonchev–Trinajstić information content (AvgIpc) is 2.66. The molecule has 0 unspecified atom stereocenters. The van der Waals surface area contributed by atoms with Gasteiger partial charge in [-0.05, 0) is 25.0 Å². The fraction of sp³-hybridized carbons (Fsp3) is 0.348. The number of carbonyl (C=O) groups excluding carboxylic acids is 1. The summed E-state index contributed by atoms with van der Waals surface area (Å²) in [5.41, 5.74) is 2.95. The van der Waals surface area contributed by atoms with E-state index in [4.69, 9.17) is 0 Å². The number of benzene rings is 2. The van der Waals surface area contributed by atoms with E-state index in [0.717, 1.165) is 11.1 Å². The number of nitrogens with zero attached hydrogens (tertiary/aromatic N) is 1. The maximum Gasteiger partial charge on any atom is 0.155 e. The molecule has 0 bridgehead atoms. The van der Waals surface area contributed by atoms with Crippen molar-refractivity contribution in [2.24, 2.45) is 5.92 Å². The van der Waals surface area contributed by atoms with Gasteiger partial charge >= 0.3 is 0 Å². The highest BCUT2D eigenvalue weighted by Crippen LogP contribution is 2.19. The van der Waals surface area contributed by atoms with Crippen molar-refractivity contribution < 1.29 is 9.90 Å². The van der Waals surface area contributed by atoms with E-state index < -0.39 is 12.0 Å². The van der Waals surface area contributed by atoms with Crippen molar-refractivity contribution in [3.63, 3.8) is 0 Å². The van der Waals surface area contributed by atoms with E-state index in [1.54, 1.807) is 13.8 Å². The van der Waals surface area contributed by atoms with E-state index in [0.29, 0.717) is 18.7 Å². The van der Waals surface area contributed by atoms with E-state index in [-0.39, 0.29) is 11.8 Å². The SMILES string of the molecule is C=C(C)[C@H](O)[C@H](C)C(=O)[C@H](C)N(Cc1ccccc1)Cc1ccccc1. The molecule has 0 aromatic heterocycles. The number of Topliss-reactive ketones (excluding diaryl/α,β-unsaturated/α-hetero) is 1. The van der Waals surface area contributed by atoms with Crippen molar-refractivity contribution in [1.82, 2.24) is 4.90 Å². The molecule has 138 valence electrons. The highest BCUT2D eigenvalue weighted by Gasteiger charge is 2.30. The molecule has 2 aromatic carbocycles. The van der Waals surface area contributed by atoms with E-state index in [9.17, 15) is 9.90 Å². The van der Waals surface area contributed by atoms with E-state index in [1.807, 2.05) is 43.3 Å². The standard InChI is InChI=1S/C23H29NO2/c1-17(2)22(25)18(3)23(26)19(4)24(15-20-11-7-5-8-12-20)16-21-13-9-6-10-14-21/h5-14,18-19,22,25H,1,15-16H2,2-4H3/t18-,19-,22-/m0/s1. The van der Waals surface area contributed by atoms with Crippen LogP contribution in [0.15, 0.2) is 72.8 Å². The van der Waals surface area contributed by atoms with Gasteiger partial charge in [-0.15, -0.1) is 0 Å². The summed E-state index contributed by atoms with van der Waals surface area (Å²) in [6, 6.07) is 20.0. The van der Waals surface area contributed by atoms with Crippen LogP contribution in [0.25, 0.3) is 0 Å². The summed E-state index contributed by atoms with van der Waals surface area (Å²) >= 11 is 0. The van der Waals surface area contributed by atoms with Crippen molar-refractivity contribution in [2.75, 3.05) is 0 Å². The first-order valence-electron chi connectivity index (χ1n) is 9.09. The van der Waals surface area contributed by atoms with Crippen LogP contribution in [-0.4, -0.2) is 27.9 Å². The molecule has 26 heavy (non-hydrogen) atoms. The number of rotatable bonds is 9. The molecule has 0 radical (unpaired) electrons. The van der Waals surface area contributed by atoms with Crippen LogP contribution in [0.1, 0.15) is 31.9 Å². The Kier molecular flexibility index (Phi) is 7.31. The first kappa shape index (κ1) is 20.1. The van der Waals surface area contributed by atoms with Crippen LogP contribution in [0, 0.1) is 5.92 Å². The molecule has 0 spiro atoms. The zero-order valence-corrected chi connectivity index (χ0v) is 15.9. The Labute approximate surface area is 157 Å². The zero-order chi connectivity index (χ0) is 19.1. The van der Waals surface area contributed by atoms with Crippen molar-refractivity contribution in [3.05, 3.63) is 83.9 Å². The second kappa shape index (κ2) is 9.46. The van der Waals surface area contributed by atoms with Crippen molar-refractivity contribution >= 4 is 5.78 Å². The molecule has 0 aliphatic heterocycles. The number of ketones is 1. The average molecular weight is 351 g/mol. The van der Waals surface area contributed by atoms with Crippen LogP contribution in [0.2, 0.25) is 0 Å². The van der Waals surface area contributed by atoms with Crippen molar-refractivity contribution in [1.29, 1.82) is 0 Å². The molecule has 0 amide bonds. The minimum atomic E-state index is -0.805. The monoisotopic (exact) mass is 351 g/mol. The summed E-state index contributed by atoms with van der Waals surface area (Å²) in [5, 5.41) is 10.2. The summed E-state index contributed by atoms with van der Waals surface area (Å²) in [6.45, 7) is 10.6. The van der Waals surface area contributed by atoms with Crippen LogP contribution in [0.4, 0.5) is 0 Å². The molecule has 3 atom stereocenters. The molecular weight excluding hydrogens is 322 g/mol. The van der Waals surface area contributed by atoms with Gasteiger partial charge in [0.2, 0.25) is 0 Å². The molecule has 3 nitrogen and oxygen atoms in total. The number of hydrogen-bond acceptors (Lipinski definition) is 3. The number of aliphatic hydroxyl groups is 1. The molecule has 2 rings (SSSR count). The van der Waals surface area contributed by atoms with Crippen molar-refractivity contribution in [2.45, 2.75) is 46.0 Å².